The minimum Gasteiger partial charge on any atom is -0.476 e. The molecule has 0 saturated carbocycles. The topological polar surface area (TPSA) is 34.1 Å². The molecule has 0 aliphatic carbocycles. The monoisotopic (exact) mass is 284 g/mol. The lowest BCUT2D eigenvalue weighted by atomic mass is 10.0. The van der Waals surface area contributed by atoms with Gasteiger partial charge in [-0.2, -0.15) is 0 Å². The van der Waals surface area contributed by atoms with Crippen molar-refractivity contribution in [1.82, 2.24) is 4.98 Å². The largest absolute Gasteiger partial charge is 0.476 e. The summed E-state index contributed by atoms with van der Waals surface area (Å²) in [6.45, 7) is 7.84. The zero-order valence-electron chi connectivity index (χ0n) is 13.1. The lowest BCUT2D eigenvalue weighted by Crippen LogP contribution is -2.04. The summed E-state index contributed by atoms with van der Waals surface area (Å²) in [5, 5.41) is 3.39. The average Bonchev–Trinajstić information content (AvgIpc) is 2.48. The minimum absolute atomic E-state index is 0.621. The lowest BCUT2D eigenvalue weighted by Gasteiger charge is -2.11. The van der Waals surface area contributed by atoms with E-state index in [1.807, 2.05) is 19.1 Å². The van der Waals surface area contributed by atoms with E-state index in [0.29, 0.717) is 18.4 Å². The van der Waals surface area contributed by atoms with E-state index in [9.17, 15) is 0 Å². The molecule has 1 aromatic carbocycles. The molecule has 1 heterocycles. The lowest BCUT2D eigenvalue weighted by molar-refractivity contribution is 0.328. The van der Waals surface area contributed by atoms with E-state index in [4.69, 9.17) is 4.74 Å². The molecule has 2 aromatic rings. The molecule has 21 heavy (non-hydrogen) atoms. The molecular formula is C18H24N2O. The Balaban J connectivity index is 1.96. The molecule has 0 bridgehead atoms. The van der Waals surface area contributed by atoms with Gasteiger partial charge in [-0.25, -0.2) is 4.98 Å². The molecule has 0 aliphatic rings. The molecule has 0 spiro atoms. The van der Waals surface area contributed by atoms with Crippen LogP contribution in [0.1, 0.15) is 31.9 Å². The van der Waals surface area contributed by atoms with Crippen molar-refractivity contribution in [2.24, 2.45) is 5.92 Å². The maximum absolute atomic E-state index is 5.51. The first kappa shape index (κ1) is 15.4. The number of pyridine rings is 1. The fraction of sp³-hybridized carbons (Fsp3) is 0.389. The van der Waals surface area contributed by atoms with Crippen LogP contribution in [0.4, 0.5) is 5.69 Å². The Hall–Kier alpha value is -2.03. The Labute approximate surface area is 127 Å². The number of nitrogens with zero attached hydrogens (tertiary/aromatic N) is 1. The van der Waals surface area contributed by atoms with Crippen LogP contribution in [0.15, 0.2) is 42.6 Å². The van der Waals surface area contributed by atoms with Crippen molar-refractivity contribution in [3.8, 4) is 5.88 Å². The first-order valence-corrected chi connectivity index (χ1v) is 7.58. The smallest absolute Gasteiger partial charge is 0.237 e. The van der Waals surface area contributed by atoms with Gasteiger partial charge < -0.3 is 10.1 Å². The fourth-order valence-corrected chi connectivity index (χ4v) is 2.24. The van der Waals surface area contributed by atoms with Crippen molar-refractivity contribution in [2.75, 3.05) is 11.9 Å². The molecule has 3 nitrogen and oxygen atoms in total. The predicted octanol–water partition coefficient (Wildman–Crippen LogP) is 4.29. The van der Waals surface area contributed by atoms with Gasteiger partial charge in [0.15, 0.2) is 0 Å². The van der Waals surface area contributed by atoms with Crippen molar-refractivity contribution < 1.29 is 4.74 Å². The van der Waals surface area contributed by atoms with E-state index in [1.54, 1.807) is 6.20 Å². The van der Waals surface area contributed by atoms with Crippen LogP contribution in [0.5, 0.6) is 5.88 Å². The van der Waals surface area contributed by atoms with E-state index in [2.05, 4.69) is 48.4 Å². The molecule has 1 N–H and O–H groups in total. The normalized spacial score (nSPS) is 10.7. The fourth-order valence-electron chi connectivity index (χ4n) is 2.24. The summed E-state index contributed by atoms with van der Waals surface area (Å²) < 4.78 is 5.51. The first-order valence-electron chi connectivity index (χ1n) is 7.58. The Morgan fingerprint density at radius 2 is 1.81 bits per heavy atom. The number of aromatic nitrogens is 1. The summed E-state index contributed by atoms with van der Waals surface area (Å²) in [6.07, 6.45) is 2.88. The van der Waals surface area contributed by atoms with Crippen molar-refractivity contribution in [3.63, 3.8) is 0 Å². The highest BCUT2D eigenvalue weighted by Gasteiger charge is 2.04. The molecule has 112 valence electrons. The van der Waals surface area contributed by atoms with Crippen LogP contribution in [-0.4, -0.2) is 11.6 Å². The predicted molar refractivity (Wildman–Crippen MR) is 87.7 cm³/mol. The molecule has 0 unspecified atom stereocenters. The third-order valence-corrected chi connectivity index (χ3v) is 3.20. The number of hydrogen-bond donors (Lipinski definition) is 1. The summed E-state index contributed by atoms with van der Waals surface area (Å²) in [6, 6.07) is 12.7. The summed E-state index contributed by atoms with van der Waals surface area (Å²) in [7, 11) is 0. The number of benzene rings is 1. The Kier molecular flexibility index (Phi) is 5.61. The summed E-state index contributed by atoms with van der Waals surface area (Å²) in [4.78, 5) is 4.24. The van der Waals surface area contributed by atoms with E-state index in [1.165, 1.54) is 11.1 Å². The van der Waals surface area contributed by atoms with Gasteiger partial charge in [-0.05, 0) is 42.5 Å². The van der Waals surface area contributed by atoms with Crippen LogP contribution in [0.3, 0.4) is 0 Å². The van der Waals surface area contributed by atoms with E-state index >= 15 is 0 Å². The van der Waals surface area contributed by atoms with Gasteiger partial charge in [0, 0.05) is 12.7 Å². The molecule has 0 saturated heterocycles. The van der Waals surface area contributed by atoms with Crippen LogP contribution in [0.25, 0.3) is 0 Å². The second kappa shape index (κ2) is 7.67. The second-order valence-electron chi connectivity index (χ2n) is 5.56. The van der Waals surface area contributed by atoms with Crippen molar-refractivity contribution in [1.29, 1.82) is 0 Å². The van der Waals surface area contributed by atoms with Crippen molar-refractivity contribution in [2.45, 2.75) is 33.7 Å². The molecule has 3 heteroatoms. The van der Waals surface area contributed by atoms with Crippen LogP contribution in [0, 0.1) is 5.92 Å². The molecule has 0 amide bonds. The zero-order chi connectivity index (χ0) is 15.1. The third-order valence-electron chi connectivity index (χ3n) is 3.20. The number of hydrogen-bond acceptors (Lipinski definition) is 3. The van der Waals surface area contributed by atoms with Crippen LogP contribution in [0.2, 0.25) is 0 Å². The number of anilines is 1. The first-order chi connectivity index (χ1) is 10.2. The van der Waals surface area contributed by atoms with Gasteiger partial charge in [0.1, 0.15) is 0 Å². The van der Waals surface area contributed by atoms with Gasteiger partial charge >= 0.3 is 0 Å². The molecule has 0 radical (unpaired) electrons. The highest BCUT2D eigenvalue weighted by molar-refractivity contribution is 5.52. The summed E-state index contributed by atoms with van der Waals surface area (Å²) in [5.41, 5.74) is 3.59. The SMILES string of the molecule is CCOc1ncccc1NCc1ccc(CC(C)C)cc1. The van der Waals surface area contributed by atoms with Crippen molar-refractivity contribution in [3.05, 3.63) is 53.7 Å². The van der Waals surface area contributed by atoms with Gasteiger partial charge in [0.05, 0.1) is 12.3 Å². The Bertz CT molecular complexity index is 549. The number of nitrogens with one attached hydrogen (secondary N) is 1. The quantitative estimate of drug-likeness (QED) is 0.823. The summed E-state index contributed by atoms with van der Waals surface area (Å²) in [5.74, 6) is 1.36. The van der Waals surface area contributed by atoms with E-state index < -0.39 is 0 Å². The van der Waals surface area contributed by atoms with Crippen LogP contribution in [-0.2, 0) is 13.0 Å². The van der Waals surface area contributed by atoms with Crippen molar-refractivity contribution >= 4 is 5.69 Å². The molecular weight excluding hydrogens is 260 g/mol. The average molecular weight is 284 g/mol. The van der Waals surface area contributed by atoms with Crippen LogP contribution >= 0.6 is 0 Å². The van der Waals surface area contributed by atoms with Gasteiger partial charge in [-0.1, -0.05) is 38.1 Å². The minimum atomic E-state index is 0.621. The van der Waals surface area contributed by atoms with Gasteiger partial charge in [-0.15, -0.1) is 0 Å². The number of rotatable bonds is 7. The van der Waals surface area contributed by atoms with E-state index in [-0.39, 0.29) is 0 Å². The highest BCUT2D eigenvalue weighted by atomic mass is 16.5. The second-order valence-corrected chi connectivity index (χ2v) is 5.56. The number of ether oxygens (including phenoxy) is 1. The maximum atomic E-state index is 5.51. The molecule has 2 rings (SSSR count). The Morgan fingerprint density at radius 1 is 1.10 bits per heavy atom. The molecule has 1 aromatic heterocycles. The Morgan fingerprint density at radius 3 is 2.48 bits per heavy atom. The maximum Gasteiger partial charge on any atom is 0.237 e. The van der Waals surface area contributed by atoms with Gasteiger partial charge in [0.2, 0.25) is 5.88 Å². The summed E-state index contributed by atoms with van der Waals surface area (Å²) >= 11 is 0. The zero-order valence-corrected chi connectivity index (χ0v) is 13.1. The molecule has 0 fully saturated rings. The highest BCUT2D eigenvalue weighted by Crippen LogP contribution is 2.21. The molecule has 0 atom stereocenters. The van der Waals surface area contributed by atoms with E-state index in [0.717, 1.165) is 18.7 Å². The third kappa shape index (κ3) is 4.78. The van der Waals surface area contributed by atoms with Crippen LogP contribution < -0.4 is 10.1 Å². The standard InChI is InChI=1S/C18H24N2O/c1-4-21-18-17(6-5-11-19-18)20-13-16-9-7-15(8-10-16)12-14(2)3/h5-11,14,20H,4,12-13H2,1-3H3. The van der Waals surface area contributed by atoms with Gasteiger partial charge in [-0.3, -0.25) is 0 Å². The van der Waals surface area contributed by atoms with Gasteiger partial charge in [0.25, 0.3) is 0 Å². The molecule has 0 aliphatic heterocycles.